The largest absolute Gasteiger partial charge is 0.463 e. The van der Waals surface area contributed by atoms with Crippen molar-refractivity contribution in [2.45, 2.75) is 5.33 Å². The molecule has 0 atom stereocenters. The number of fused-ring (bicyclic) bond motifs is 1. The average molecular weight is 270 g/mol. The number of hydrogen-bond donors (Lipinski definition) is 0. The zero-order valence-electron chi connectivity index (χ0n) is 7.99. The molecule has 5 heteroatoms. The van der Waals surface area contributed by atoms with Gasteiger partial charge in [-0.25, -0.2) is 4.79 Å². The Morgan fingerprint density at radius 3 is 3.07 bits per heavy atom. The predicted octanol–water partition coefficient (Wildman–Crippen LogP) is 2.51. The van der Waals surface area contributed by atoms with Gasteiger partial charge in [0.05, 0.1) is 12.5 Å². The second kappa shape index (κ2) is 4.02. The quantitative estimate of drug-likeness (QED) is 0.621. The maximum Gasteiger partial charge on any atom is 0.377 e. The number of rotatable bonds is 2. The van der Waals surface area contributed by atoms with Crippen molar-refractivity contribution in [3.05, 3.63) is 29.5 Å². The lowest BCUT2D eigenvalue weighted by atomic mass is 10.1. The molecule has 1 heterocycles. The van der Waals surface area contributed by atoms with E-state index in [0.717, 1.165) is 5.56 Å². The zero-order chi connectivity index (χ0) is 10.8. The maximum atomic E-state index is 11.3. The van der Waals surface area contributed by atoms with Crippen LogP contribution < -0.4 is 0 Å². The number of carbonyl (C=O) groups is 1. The van der Waals surface area contributed by atoms with Crippen LogP contribution in [-0.4, -0.2) is 18.2 Å². The monoisotopic (exact) mass is 269 g/mol. The molecular weight excluding hydrogens is 262 g/mol. The Balaban J connectivity index is 2.61. The van der Waals surface area contributed by atoms with Crippen LogP contribution in [0.4, 0.5) is 0 Å². The smallest absolute Gasteiger partial charge is 0.377 e. The Morgan fingerprint density at radius 1 is 1.60 bits per heavy atom. The molecule has 0 saturated heterocycles. The van der Waals surface area contributed by atoms with E-state index in [1.165, 1.54) is 7.11 Å². The fourth-order valence-corrected chi connectivity index (χ4v) is 1.66. The fraction of sp³-hybridized carbons (Fsp3) is 0.200. The van der Waals surface area contributed by atoms with Gasteiger partial charge in [0.1, 0.15) is 5.52 Å². The number of ether oxygens (including phenoxy) is 1. The Labute approximate surface area is 94.3 Å². The predicted molar refractivity (Wildman–Crippen MR) is 58.0 cm³/mol. The van der Waals surface area contributed by atoms with Gasteiger partial charge in [0, 0.05) is 5.33 Å². The van der Waals surface area contributed by atoms with Crippen molar-refractivity contribution < 1.29 is 14.1 Å². The van der Waals surface area contributed by atoms with Gasteiger partial charge in [0.15, 0.2) is 0 Å². The highest BCUT2D eigenvalue weighted by molar-refractivity contribution is 9.08. The zero-order valence-corrected chi connectivity index (χ0v) is 9.58. The maximum absolute atomic E-state index is 11.3. The Kier molecular flexibility index (Phi) is 2.73. The Hall–Kier alpha value is -1.36. The van der Waals surface area contributed by atoms with Gasteiger partial charge in [-0.3, -0.25) is 0 Å². The van der Waals surface area contributed by atoms with E-state index < -0.39 is 5.97 Å². The van der Waals surface area contributed by atoms with Crippen LogP contribution in [0.15, 0.2) is 22.7 Å². The topological polar surface area (TPSA) is 52.3 Å². The van der Waals surface area contributed by atoms with Gasteiger partial charge in [-0.1, -0.05) is 27.2 Å². The first kappa shape index (κ1) is 10.2. The van der Waals surface area contributed by atoms with Gasteiger partial charge >= 0.3 is 5.97 Å². The van der Waals surface area contributed by atoms with E-state index in [0.29, 0.717) is 16.2 Å². The van der Waals surface area contributed by atoms with E-state index >= 15 is 0 Å². The molecule has 1 aromatic heterocycles. The minimum absolute atomic E-state index is 0.148. The molecule has 0 fully saturated rings. The van der Waals surface area contributed by atoms with Gasteiger partial charge < -0.3 is 9.26 Å². The summed E-state index contributed by atoms with van der Waals surface area (Å²) < 4.78 is 9.52. The van der Waals surface area contributed by atoms with Crippen LogP contribution >= 0.6 is 15.9 Å². The van der Waals surface area contributed by atoms with E-state index in [4.69, 9.17) is 4.52 Å². The third kappa shape index (κ3) is 1.74. The van der Waals surface area contributed by atoms with Crippen molar-refractivity contribution in [1.82, 2.24) is 5.16 Å². The highest BCUT2D eigenvalue weighted by atomic mass is 79.9. The standard InChI is InChI=1S/C10H8BrNO3/c1-14-10(13)9-7-4-6(5-11)2-3-8(7)12-15-9/h2-4H,5H2,1H3. The van der Waals surface area contributed by atoms with Gasteiger partial charge in [-0.15, -0.1) is 0 Å². The molecule has 78 valence electrons. The van der Waals surface area contributed by atoms with Crippen molar-refractivity contribution in [1.29, 1.82) is 0 Å². The summed E-state index contributed by atoms with van der Waals surface area (Å²) in [4.78, 5) is 11.3. The van der Waals surface area contributed by atoms with E-state index in [1.807, 2.05) is 18.2 Å². The molecule has 0 saturated carbocycles. The summed E-state index contributed by atoms with van der Waals surface area (Å²) >= 11 is 3.34. The summed E-state index contributed by atoms with van der Waals surface area (Å²) in [5.74, 6) is -0.362. The summed E-state index contributed by atoms with van der Waals surface area (Å²) in [6.45, 7) is 0. The van der Waals surface area contributed by atoms with E-state index in [2.05, 4.69) is 25.8 Å². The van der Waals surface area contributed by atoms with Crippen molar-refractivity contribution >= 4 is 32.8 Å². The lowest BCUT2D eigenvalue weighted by molar-refractivity contribution is 0.0558. The lowest BCUT2D eigenvalue weighted by Gasteiger charge is -1.95. The van der Waals surface area contributed by atoms with Crippen LogP contribution in [-0.2, 0) is 10.1 Å². The highest BCUT2D eigenvalue weighted by Gasteiger charge is 2.16. The van der Waals surface area contributed by atoms with Crippen LogP contribution in [0, 0.1) is 0 Å². The van der Waals surface area contributed by atoms with Crippen molar-refractivity contribution in [2.24, 2.45) is 0 Å². The summed E-state index contributed by atoms with van der Waals surface area (Å²) in [5.41, 5.74) is 1.70. The van der Waals surface area contributed by atoms with Crippen LogP contribution in [0.5, 0.6) is 0 Å². The number of halogens is 1. The number of nitrogens with zero attached hydrogens (tertiary/aromatic N) is 1. The molecule has 1 aromatic carbocycles. The molecule has 0 bridgehead atoms. The van der Waals surface area contributed by atoms with Crippen molar-refractivity contribution in [2.75, 3.05) is 7.11 Å². The fourth-order valence-electron chi connectivity index (χ4n) is 1.31. The van der Waals surface area contributed by atoms with E-state index in [1.54, 1.807) is 0 Å². The molecule has 0 aliphatic heterocycles. The summed E-state index contributed by atoms with van der Waals surface area (Å²) in [7, 11) is 1.31. The van der Waals surface area contributed by atoms with Crippen LogP contribution in [0.3, 0.4) is 0 Å². The summed E-state index contributed by atoms with van der Waals surface area (Å²) in [6.07, 6.45) is 0. The molecule has 0 radical (unpaired) electrons. The first-order valence-electron chi connectivity index (χ1n) is 4.29. The number of alkyl halides is 1. The molecule has 0 aliphatic rings. The molecule has 15 heavy (non-hydrogen) atoms. The number of carbonyl (C=O) groups excluding carboxylic acids is 1. The Bertz CT molecular complexity index is 506. The van der Waals surface area contributed by atoms with Crippen molar-refractivity contribution in [3.8, 4) is 0 Å². The second-order valence-electron chi connectivity index (χ2n) is 2.99. The normalized spacial score (nSPS) is 10.5. The molecule has 0 amide bonds. The van der Waals surface area contributed by atoms with Crippen LogP contribution in [0.1, 0.15) is 16.1 Å². The number of benzene rings is 1. The second-order valence-corrected chi connectivity index (χ2v) is 3.55. The average Bonchev–Trinajstić information content (AvgIpc) is 2.70. The summed E-state index contributed by atoms with van der Waals surface area (Å²) in [6, 6.07) is 5.58. The molecule has 0 spiro atoms. The minimum atomic E-state index is -0.510. The third-order valence-corrected chi connectivity index (χ3v) is 2.71. The first-order chi connectivity index (χ1) is 7.26. The van der Waals surface area contributed by atoms with Gasteiger partial charge in [0.2, 0.25) is 0 Å². The number of aromatic nitrogens is 1. The molecule has 0 aliphatic carbocycles. The molecular formula is C10H8BrNO3. The molecule has 4 nitrogen and oxygen atoms in total. The molecule has 0 N–H and O–H groups in total. The number of esters is 1. The lowest BCUT2D eigenvalue weighted by Crippen LogP contribution is -1.99. The molecule has 0 unspecified atom stereocenters. The van der Waals surface area contributed by atoms with Crippen molar-refractivity contribution in [3.63, 3.8) is 0 Å². The van der Waals surface area contributed by atoms with E-state index in [9.17, 15) is 4.79 Å². The molecule has 2 aromatic rings. The minimum Gasteiger partial charge on any atom is -0.463 e. The third-order valence-electron chi connectivity index (χ3n) is 2.07. The van der Waals surface area contributed by atoms with Crippen LogP contribution in [0.2, 0.25) is 0 Å². The Morgan fingerprint density at radius 2 is 2.40 bits per heavy atom. The van der Waals surface area contributed by atoms with Gasteiger partial charge in [0.25, 0.3) is 5.76 Å². The van der Waals surface area contributed by atoms with E-state index in [-0.39, 0.29) is 5.76 Å². The van der Waals surface area contributed by atoms with Gasteiger partial charge in [-0.2, -0.15) is 0 Å². The number of methoxy groups -OCH3 is 1. The number of hydrogen-bond acceptors (Lipinski definition) is 4. The SMILES string of the molecule is COC(=O)c1onc2ccc(CBr)cc12. The summed E-state index contributed by atoms with van der Waals surface area (Å²) in [5, 5.41) is 5.17. The highest BCUT2D eigenvalue weighted by Crippen LogP contribution is 2.21. The van der Waals surface area contributed by atoms with Gasteiger partial charge in [-0.05, 0) is 17.7 Å². The molecule has 2 rings (SSSR count). The first-order valence-corrected chi connectivity index (χ1v) is 5.41. The van der Waals surface area contributed by atoms with Crippen LogP contribution in [0.25, 0.3) is 10.9 Å².